The van der Waals surface area contributed by atoms with Gasteiger partial charge in [-0.15, -0.1) is 0 Å². The van der Waals surface area contributed by atoms with Crippen molar-refractivity contribution in [2.24, 2.45) is 10.9 Å². The van der Waals surface area contributed by atoms with E-state index < -0.39 is 6.09 Å². The fourth-order valence-electron chi connectivity index (χ4n) is 2.03. The van der Waals surface area contributed by atoms with Crippen LogP contribution in [0.25, 0.3) is 0 Å². The smallest absolute Gasteiger partial charge is 0.435 e. The zero-order chi connectivity index (χ0) is 12.8. The van der Waals surface area contributed by atoms with E-state index in [-0.39, 0.29) is 0 Å². The predicted molar refractivity (Wildman–Crippen MR) is 65.8 cm³/mol. The van der Waals surface area contributed by atoms with Crippen LogP contribution in [0, 0.1) is 5.92 Å². The highest BCUT2D eigenvalue weighted by atomic mass is 16.5. The van der Waals surface area contributed by atoms with E-state index in [4.69, 9.17) is 14.2 Å². The normalized spacial score (nSPS) is 25.3. The highest BCUT2D eigenvalue weighted by molar-refractivity contribution is 5.90. The molecule has 0 bridgehead atoms. The molecule has 0 spiro atoms. The molecule has 2 fully saturated rings. The highest BCUT2D eigenvalue weighted by Crippen LogP contribution is 2.12. The SMILES string of the molecule is C/C(=N/C(=O)OCC1CCOC1)N1CCOCC1. The van der Waals surface area contributed by atoms with E-state index in [2.05, 4.69) is 4.99 Å². The van der Waals surface area contributed by atoms with Crippen molar-refractivity contribution in [2.45, 2.75) is 13.3 Å². The molecule has 0 aromatic heterocycles. The Morgan fingerprint density at radius 1 is 1.33 bits per heavy atom. The Hall–Kier alpha value is -1.14. The number of carbonyl (C=O) groups is 1. The third-order valence-corrected chi connectivity index (χ3v) is 3.19. The van der Waals surface area contributed by atoms with Crippen molar-refractivity contribution in [1.29, 1.82) is 0 Å². The summed E-state index contributed by atoms with van der Waals surface area (Å²) in [6.45, 7) is 6.59. The lowest BCUT2D eigenvalue weighted by Gasteiger charge is -2.27. The van der Waals surface area contributed by atoms with Crippen molar-refractivity contribution in [2.75, 3.05) is 46.1 Å². The highest BCUT2D eigenvalue weighted by Gasteiger charge is 2.18. The molecule has 2 heterocycles. The van der Waals surface area contributed by atoms with Crippen LogP contribution >= 0.6 is 0 Å². The van der Waals surface area contributed by atoms with Crippen LogP contribution in [0.3, 0.4) is 0 Å². The van der Waals surface area contributed by atoms with Crippen LogP contribution in [0.15, 0.2) is 4.99 Å². The lowest BCUT2D eigenvalue weighted by Crippen LogP contribution is -2.39. The summed E-state index contributed by atoms with van der Waals surface area (Å²) >= 11 is 0. The maximum absolute atomic E-state index is 11.5. The first-order chi connectivity index (χ1) is 8.75. The Kier molecular flexibility index (Phi) is 4.95. The van der Waals surface area contributed by atoms with Gasteiger partial charge in [0.15, 0.2) is 0 Å². The number of hydrogen-bond donors (Lipinski definition) is 0. The monoisotopic (exact) mass is 256 g/mol. The molecule has 2 aliphatic heterocycles. The summed E-state index contributed by atoms with van der Waals surface area (Å²) in [5.41, 5.74) is 0. The minimum absolute atomic E-state index is 0.327. The fourth-order valence-corrected chi connectivity index (χ4v) is 2.03. The maximum atomic E-state index is 11.5. The van der Waals surface area contributed by atoms with Gasteiger partial charge in [-0.25, -0.2) is 4.79 Å². The molecule has 0 aromatic rings. The molecule has 102 valence electrons. The Morgan fingerprint density at radius 3 is 2.78 bits per heavy atom. The number of rotatable bonds is 2. The lowest BCUT2D eigenvalue weighted by atomic mass is 10.1. The van der Waals surface area contributed by atoms with Gasteiger partial charge in [0.25, 0.3) is 0 Å². The maximum Gasteiger partial charge on any atom is 0.435 e. The van der Waals surface area contributed by atoms with Crippen molar-refractivity contribution in [1.82, 2.24) is 4.90 Å². The molecule has 18 heavy (non-hydrogen) atoms. The minimum Gasteiger partial charge on any atom is -0.447 e. The van der Waals surface area contributed by atoms with Crippen molar-refractivity contribution in [3.63, 3.8) is 0 Å². The molecule has 0 radical (unpaired) electrons. The summed E-state index contributed by atoms with van der Waals surface area (Å²) in [7, 11) is 0. The van der Waals surface area contributed by atoms with E-state index in [9.17, 15) is 4.79 Å². The largest absolute Gasteiger partial charge is 0.447 e. The second-order valence-electron chi connectivity index (χ2n) is 4.56. The molecular formula is C12H20N2O4. The van der Waals surface area contributed by atoms with Crippen molar-refractivity contribution >= 4 is 11.9 Å². The van der Waals surface area contributed by atoms with Gasteiger partial charge >= 0.3 is 6.09 Å². The van der Waals surface area contributed by atoms with E-state index >= 15 is 0 Å². The van der Waals surface area contributed by atoms with Gasteiger partial charge in [0, 0.05) is 25.6 Å². The topological polar surface area (TPSA) is 60.4 Å². The zero-order valence-corrected chi connectivity index (χ0v) is 10.8. The first-order valence-corrected chi connectivity index (χ1v) is 6.38. The van der Waals surface area contributed by atoms with Crippen LogP contribution in [0.2, 0.25) is 0 Å². The summed E-state index contributed by atoms with van der Waals surface area (Å²) in [6, 6.07) is 0. The minimum atomic E-state index is -0.508. The number of aliphatic imine (C=N–C) groups is 1. The molecule has 2 saturated heterocycles. The summed E-state index contributed by atoms with van der Waals surface area (Å²) in [5.74, 6) is 1.03. The summed E-state index contributed by atoms with van der Waals surface area (Å²) in [5, 5.41) is 0. The van der Waals surface area contributed by atoms with Crippen LogP contribution in [0.4, 0.5) is 4.79 Å². The molecule has 1 atom stereocenters. The van der Waals surface area contributed by atoms with E-state index in [1.165, 1.54) is 0 Å². The van der Waals surface area contributed by atoms with E-state index in [0.29, 0.717) is 38.2 Å². The number of carbonyl (C=O) groups excluding carboxylic acids is 1. The lowest BCUT2D eigenvalue weighted by molar-refractivity contribution is 0.0674. The van der Waals surface area contributed by atoms with E-state index in [0.717, 1.165) is 26.1 Å². The van der Waals surface area contributed by atoms with Gasteiger partial charge in [0.2, 0.25) is 0 Å². The van der Waals surface area contributed by atoms with E-state index in [1.54, 1.807) is 0 Å². The second kappa shape index (κ2) is 6.70. The quantitative estimate of drug-likeness (QED) is 0.543. The van der Waals surface area contributed by atoms with Gasteiger partial charge in [-0.2, -0.15) is 4.99 Å². The average Bonchev–Trinajstić information content (AvgIpc) is 2.90. The van der Waals surface area contributed by atoms with Gasteiger partial charge in [-0.05, 0) is 13.3 Å². The molecule has 0 saturated carbocycles. The fraction of sp³-hybridized carbons (Fsp3) is 0.833. The van der Waals surface area contributed by atoms with Crippen LogP contribution < -0.4 is 0 Å². The first kappa shape index (κ1) is 13.3. The van der Waals surface area contributed by atoms with Crippen LogP contribution in [0.5, 0.6) is 0 Å². The molecule has 0 aromatic carbocycles. The van der Waals surface area contributed by atoms with E-state index in [1.807, 2.05) is 11.8 Å². The van der Waals surface area contributed by atoms with Crippen LogP contribution in [-0.4, -0.2) is 63.0 Å². The number of amidine groups is 1. The summed E-state index contributed by atoms with van der Waals surface area (Å²) in [4.78, 5) is 17.5. The zero-order valence-electron chi connectivity index (χ0n) is 10.8. The average molecular weight is 256 g/mol. The number of morpholine rings is 1. The number of ether oxygens (including phenoxy) is 3. The standard InChI is InChI=1S/C12H20N2O4/c1-10(14-3-6-16-7-4-14)13-12(15)18-9-11-2-5-17-8-11/h11H,2-9H2,1H3/b13-10-. The van der Waals surface area contributed by atoms with Gasteiger partial charge in [0.05, 0.1) is 26.4 Å². The summed E-state index contributed by atoms with van der Waals surface area (Å²) in [6.07, 6.45) is 0.449. The van der Waals surface area contributed by atoms with Gasteiger partial charge in [-0.1, -0.05) is 0 Å². The van der Waals surface area contributed by atoms with Gasteiger partial charge < -0.3 is 19.1 Å². The third kappa shape index (κ3) is 3.96. The second-order valence-corrected chi connectivity index (χ2v) is 4.56. The predicted octanol–water partition coefficient (Wildman–Crippen LogP) is 0.910. The van der Waals surface area contributed by atoms with Gasteiger partial charge in [0.1, 0.15) is 5.84 Å². The molecule has 0 N–H and O–H groups in total. The number of amides is 1. The van der Waals surface area contributed by atoms with Crippen molar-refractivity contribution in [3.8, 4) is 0 Å². The Labute approximate surface area is 107 Å². The first-order valence-electron chi connectivity index (χ1n) is 6.38. The Balaban J connectivity index is 1.73. The third-order valence-electron chi connectivity index (χ3n) is 3.19. The van der Waals surface area contributed by atoms with Crippen LogP contribution in [-0.2, 0) is 14.2 Å². The molecule has 0 aliphatic carbocycles. The van der Waals surface area contributed by atoms with Crippen LogP contribution in [0.1, 0.15) is 13.3 Å². The van der Waals surface area contributed by atoms with Crippen molar-refractivity contribution < 1.29 is 19.0 Å². The number of nitrogens with zero attached hydrogens (tertiary/aromatic N) is 2. The molecule has 2 aliphatic rings. The molecule has 2 rings (SSSR count). The number of hydrogen-bond acceptors (Lipinski definition) is 4. The summed E-state index contributed by atoms with van der Waals surface area (Å²) < 4.78 is 15.6. The Morgan fingerprint density at radius 2 is 2.11 bits per heavy atom. The molecule has 1 amide bonds. The van der Waals surface area contributed by atoms with Crippen molar-refractivity contribution in [3.05, 3.63) is 0 Å². The molecule has 1 unspecified atom stereocenters. The molecular weight excluding hydrogens is 236 g/mol. The van der Waals surface area contributed by atoms with Gasteiger partial charge in [-0.3, -0.25) is 0 Å². The molecule has 6 heteroatoms. The molecule has 6 nitrogen and oxygen atoms in total. The Bertz CT molecular complexity index is 307.